The zero-order valence-electron chi connectivity index (χ0n) is 20.9. The number of halogens is 1. The summed E-state index contributed by atoms with van der Waals surface area (Å²) >= 11 is 1.59. The second-order valence-electron chi connectivity index (χ2n) is 8.86. The minimum atomic E-state index is -1.26. The second-order valence-corrected chi connectivity index (χ2v) is 9.89. The van der Waals surface area contributed by atoms with Crippen LogP contribution in [0.25, 0.3) is 10.2 Å². The number of rotatable bonds is 11. The molecule has 0 atom stereocenters. The van der Waals surface area contributed by atoms with E-state index in [4.69, 9.17) is 14.9 Å². The molecule has 2 heterocycles. The van der Waals surface area contributed by atoms with E-state index in [1.807, 2.05) is 6.07 Å². The number of likely N-dealkylation sites (tertiary alicyclic amines) is 1. The number of hydrogen-bond acceptors (Lipinski definition) is 8. The van der Waals surface area contributed by atoms with Crippen molar-refractivity contribution < 1.29 is 34.0 Å². The highest BCUT2D eigenvalue weighted by atomic mass is 32.1. The van der Waals surface area contributed by atoms with Crippen molar-refractivity contribution in [1.82, 2.24) is 9.88 Å². The van der Waals surface area contributed by atoms with Crippen LogP contribution < -0.4 is 10.1 Å². The molecule has 4 N–H and O–H groups in total. The van der Waals surface area contributed by atoms with Crippen LogP contribution in [-0.4, -0.2) is 69.9 Å². The van der Waals surface area contributed by atoms with E-state index in [1.54, 1.807) is 35.6 Å². The molecule has 11 heteroatoms. The Hall–Kier alpha value is -3.70. The summed E-state index contributed by atoms with van der Waals surface area (Å²) in [5.74, 6) is -1.06. The lowest BCUT2D eigenvalue weighted by molar-refractivity contribution is -0.134. The number of anilines is 1. The van der Waals surface area contributed by atoms with Gasteiger partial charge in [-0.25, -0.2) is 19.0 Å². The number of carboxylic acid groups (broad SMARTS) is 2. The van der Waals surface area contributed by atoms with Crippen LogP contribution in [0.5, 0.6) is 11.5 Å². The Balaban J connectivity index is 0.000000436. The summed E-state index contributed by atoms with van der Waals surface area (Å²) in [6, 6.07) is 11.5. The number of aliphatic carboxylic acids is 2. The number of nitrogens with zero attached hydrogens (tertiary/aromatic N) is 2. The third kappa shape index (κ3) is 10.3. The third-order valence-electron chi connectivity index (χ3n) is 5.94. The van der Waals surface area contributed by atoms with E-state index in [0.717, 1.165) is 60.1 Å². The van der Waals surface area contributed by atoms with Gasteiger partial charge in [0.1, 0.15) is 17.3 Å². The highest BCUT2D eigenvalue weighted by molar-refractivity contribution is 7.22. The van der Waals surface area contributed by atoms with Crippen molar-refractivity contribution in [2.24, 2.45) is 5.92 Å². The van der Waals surface area contributed by atoms with Gasteiger partial charge in [0.25, 0.3) is 0 Å². The number of benzene rings is 2. The molecule has 0 spiro atoms. The van der Waals surface area contributed by atoms with Crippen molar-refractivity contribution in [3.63, 3.8) is 0 Å². The predicted octanol–water partition coefficient (Wildman–Crippen LogP) is 4.84. The van der Waals surface area contributed by atoms with Gasteiger partial charge in [-0.2, -0.15) is 0 Å². The SMILES string of the molecule is O=C(O)/C=C\C(=O)O.Oc1ccc2nc(NCC3CCN(CCCCOc4ccc(F)cc4)CC3)sc2c1. The zero-order valence-corrected chi connectivity index (χ0v) is 21.7. The van der Waals surface area contributed by atoms with Crippen LogP contribution in [0.4, 0.5) is 9.52 Å². The van der Waals surface area contributed by atoms with Crippen LogP contribution in [0.3, 0.4) is 0 Å². The summed E-state index contributed by atoms with van der Waals surface area (Å²) in [6.45, 7) is 5.00. The Morgan fingerprint density at radius 2 is 1.76 bits per heavy atom. The maximum atomic E-state index is 12.9. The quantitative estimate of drug-likeness (QED) is 0.197. The predicted molar refractivity (Wildman–Crippen MR) is 144 cm³/mol. The fourth-order valence-electron chi connectivity index (χ4n) is 3.94. The molecule has 3 aromatic rings. The number of aromatic hydroxyl groups is 1. The Morgan fingerprint density at radius 1 is 1.08 bits per heavy atom. The van der Waals surface area contributed by atoms with E-state index in [1.165, 1.54) is 25.0 Å². The number of thiazole rings is 1. The number of hydrogen-bond donors (Lipinski definition) is 4. The van der Waals surface area contributed by atoms with E-state index >= 15 is 0 Å². The molecule has 0 aliphatic carbocycles. The van der Waals surface area contributed by atoms with Crippen LogP contribution in [0, 0.1) is 11.7 Å². The Bertz CT molecular complexity index is 1190. The van der Waals surface area contributed by atoms with Crippen LogP contribution in [0.15, 0.2) is 54.6 Å². The number of phenols is 1. The summed E-state index contributed by atoms with van der Waals surface area (Å²) in [7, 11) is 0. The fraction of sp³-hybridized carbons (Fsp3) is 0.370. The maximum absolute atomic E-state index is 12.9. The molecule has 0 bridgehead atoms. The van der Waals surface area contributed by atoms with Gasteiger partial charge in [0.15, 0.2) is 5.13 Å². The Labute approximate surface area is 224 Å². The van der Waals surface area contributed by atoms with Gasteiger partial charge in [0, 0.05) is 18.7 Å². The van der Waals surface area contributed by atoms with Gasteiger partial charge < -0.3 is 30.3 Å². The number of piperidine rings is 1. The number of unbranched alkanes of at least 4 members (excludes halogenated alkanes) is 1. The maximum Gasteiger partial charge on any atom is 0.328 e. The van der Waals surface area contributed by atoms with E-state index in [-0.39, 0.29) is 11.6 Å². The molecule has 0 saturated carbocycles. The van der Waals surface area contributed by atoms with Crippen molar-refractivity contribution >= 4 is 38.6 Å². The fourth-order valence-corrected chi connectivity index (χ4v) is 4.84. The van der Waals surface area contributed by atoms with E-state index in [2.05, 4.69) is 15.2 Å². The molecule has 1 aliphatic rings. The second kappa shape index (κ2) is 14.9. The van der Waals surface area contributed by atoms with Gasteiger partial charge in [-0.3, -0.25) is 0 Å². The molecule has 204 valence electrons. The van der Waals surface area contributed by atoms with Crippen molar-refractivity contribution in [2.45, 2.75) is 25.7 Å². The van der Waals surface area contributed by atoms with Crippen molar-refractivity contribution in [2.75, 3.05) is 38.1 Å². The summed E-state index contributed by atoms with van der Waals surface area (Å²) in [5, 5.41) is 29.6. The standard InChI is InChI=1S/C23H28FN3O2S.C4H4O4/c24-18-3-6-20(7-4-18)29-14-2-1-11-27-12-9-17(10-13-27)16-25-23-26-21-8-5-19(28)15-22(21)30-23;5-3(6)1-2-4(7)8/h3-8,15,17,28H,1-2,9-14,16H2,(H,25,26);1-2H,(H,5,6)(H,7,8)/b;2-1-. The molecule has 9 nitrogen and oxygen atoms in total. The number of ether oxygens (including phenoxy) is 1. The minimum absolute atomic E-state index is 0.235. The average molecular weight is 546 g/mol. The molecule has 1 saturated heterocycles. The molecule has 0 amide bonds. The van der Waals surface area contributed by atoms with Gasteiger partial charge >= 0.3 is 11.9 Å². The van der Waals surface area contributed by atoms with Gasteiger partial charge in [0.2, 0.25) is 0 Å². The molecule has 1 aliphatic heterocycles. The average Bonchev–Trinajstić information content (AvgIpc) is 3.30. The summed E-state index contributed by atoms with van der Waals surface area (Å²) in [5.41, 5.74) is 0.929. The van der Waals surface area contributed by atoms with E-state index in [9.17, 15) is 19.1 Å². The molecule has 0 radical (unpaired) electrons. The number of carboxylic acids is 2. The van der Waals surface area contributed by atoms with E-state index in [0.29, 0.717) is 24.7 Å². The Kier molecular flexibility index (Phi) is 11.3. The number of nitrogens with one attached hydrogen (secondary N) is 1. The topological polar surface area (TPSA) is 132 Å². The first kappa shape index (κ1) is 28.9. The van der Waals surface area contributed by atoms with Crippen molar-refractivity contribution in [3.05, 3.63) is 60.4 Å². The monoisotopic (exact) mass is 545 g/mol. The van der Waals surface area contributed by atoms with Crippen LogP contribution in [-0.2, 0) is 9.59 Å². The summed E-state index contributed by atoms with van der Waals surface area (Å²) in [6.07, 6.45) is 5.63. The van der Waals surface area contributed by atoms with Gasteiger partial charge in [-0.05, 0) is 93.7 Å². The van der Waals surface area contributed by atoms with Crippen LogP contribution in [0.2, 0.25) is 0 Å². The molecule has 38 heavy (non-hydrogen) atoms. The normalized spacial score (nSPS) is 14.2. The first-order valence-electron chi connectivity index (χ1n) is 12.4. The highest BCUT2D eigenvalue weighted by Gasteiger charge is 2.19. The van der Waals surface area contributed by atoms with Gasteiger partial charge in [-0.1, -0.05) is 11.3 Å². The first-order chi connectivity index (χ1) is 18.3. The van der Waals surface area contributed by atoms with Crippen molar-refractivity contribution in [1.29, 1.82) is 0 Å². The number of phenolic OH excluding ortho intramolecular Hbond substituents is 1. The number of fused-ring (bicyclic) bond motifs is 1. The minimum Gasteiger partial charge on any atom is -0.508 e. The van der Waals surface area contributed by atoms with Gasteiger partial charge in [-0.15, -0.1) is 0 Å². The first-order valence-corrected chi connectivity index (χ1v) is 13.2. The smallest absolute Gasteiger partial charge is 0.328 e. The van der Waals surface area contributed by atoms with Crippen molar-refractivity contribution in [3.8, 4) is 11.5 Å². The lowest BCUT2D eigenvalue weighted by atomic mass is 9.97. The lowest BCUT2D eigenvalue weighted by Gasteiger charge is -2.32. The molecular weight excluding hydrogens is 513 g/mol. The molecule has 1 aromatic heterocycles. The molecular formula is C27H32FN3O6S. The lowest BCUT2D eigenvalue weighted by Crippen LogP contribution is -2.36. The Morgan fingerprint density at radius 3 is 2.42 bits per heavy atom. The molecule has 4 rings (SSSR count). The van der Waals surface area contributed by atoms with E-state index < -0.39 is 11.9 Å². The largest absolute Gasteiger partial charge is 0.508 e. The molecule has 2 aromatic carbocycles. The highest BCUT2D eigenvalue weighted by Crippen LogP contribution is 2.29. The number of carbonyl (C=O) groups is 2. The summed E-state index contributed by atoms with van der Waals surface area (Å²) in [4.78, 5) is 26.2. The van der Waals surface area contributed by atoms with Crippen LogP contribution >= 0.6 is 11.3 Å². The summed E-state index contributed by atoms with van der Waals surface area (Å²) < 4.78 is 19.5. The molecule has 0 unspecified atom stereocenters. The third-order valence-corrected chi connectivity index (χ3v) is 6.92. The number of aromatic nitrogens is 1. The van der Waals surface area contributed by atoms with Gasteiger partial charge in [0.05, 0.1) is 16.8 Å². The zero-order chi connectivity index (χ0) is 27.3. The molecule has 1 fully saturated rings. The van der Waals surface area contributed by atoms with Crippen LogP contribution in [0.1, 0.15) is 25.7 Å².